The highest BCUT2D eigenvalue weighted by molar-refractivity contribution is 5.31. The molecule has 42 heavy (non-hydrogen) atoms. The molecule has 0 saturated heterocycles. The topological polar surface area (TPSA) is 18.5 Å². The SMILES string of the molecule is CCCCC(C)CCCCCCCCCCCOc1ccc(OCCCCCCCCCCCC(C)CCCC)cc1. The maximum absolute atomic E-state index is 5.96. The highest BCUT2D eigenvalue weighted by Crippen LogP contribution is 2.20. The Labute approximate surface area is 264 Å². The molecule has 2 atom stereocenters. The van der Waals surface area contributed by atoms with Crippen LogP contribution in [0.5, 0.6) is 11.5 Å². The van der Waals surface area contributed by atoms with Crippen molar-refractivity contribution in [1.29, 1.82) is 0 Å². The van der Waals surface area contributed by atoms with E-state index in [0.29, 0.717) is 0 Å². The molecule has 1 rings (SSSR count). The lowest BCUT2D eigenvalue weighted by molar-refractivity contribution is 0.296. The summed E-state index contributed by atoms with van der Waals surface area (Å²) in [6, 6.07) is 8.25. The lowest BCUT2D eigenvalue weighted by Gasteiger charge is -2.10. The molecule has 2 unspecified atom stereocenters. The monoisotopic (exact) mass is 587 g/mol. The van der Waals surface area contributed by atoms with Crippen molar-refractivity contribution in [3.8, 4) is 11.5 Å². The van der Waals surface area contributed by atoms with Gasteiger partial charge in [0.25, 0.3) is 0 Å². The van der Waals surface area contributed by atoms with E-state index in [-0.39, 0.29) is 0 Å². The number of rotatable bonds is 32. The molecule has 0 radical (unpaired) electrons. The second-order valence-corrected chi connectivity index (χ2v) is 13.6. The van der Waals surface area contributed by atoms with E-state index in [0.717, 1.165) is 49.4 Å². The fourth-order valence-corrected chi connectivity index (χ4v) is 6.07. The fourth-order valence-electron chi connectivity index (χ4n) is 6.07. The molecule has 0 N–H and O–H groups in total. The van der Waals surface area contributed by atoms with E-state index < -0.39 is 0 Å². The summed E-state index contributed by atoms with van der Waals surface area (Å²) in [7, 11) is 0. The Kier molecular flexibility index (Phi) is 27.6. The lowest BCUT2D eigenvalue weighted by atomic mass is 9.97. The second-order valence-electron chi connectivity index (χ2n) is 13.6. The summed E-state index contributed by atoms with van der Waals surface area (Å²) in [5.41, 5.74) is 0. The van der Waals surface area contributed by atoms with Gasteiger partial charge in [-0.15, -0.1) is 0 Å². The van der Waals surface area contributed by atoms with Crippen LogP contribution in [0.25, 0.3) is 0 Å². The number of benzene rings is 1. The minimum Gasteiger partial charge on any atom is -0.494 e. The van der Waals surface area contributed by atoms with Crippen LogP contribution in [-0.2, 0) is 0 Å². The summed E-state index contributed by atoms with van der Waals surface area (Å²) in [6.45, 7) is 11.1. The van der Waals surface area contributed by atoms with Gasteiger partial charge in [-0.05, 0) is 48.9 Å². The largest absolute Gasteiger partial charge is 0.494 e. The maximum atomic E-state index is 5.96. The van der Waals surface area contributed by atoms with Gasteiger partial charge in [-0.1, -0.05) is 182 Å². The first-order chi connectivity index (χ1) is 20.7. The quantitative estimate of drug-likeness (QED) is 0.0782. The second kappa shape index (κ2) is 29.9. The summed E-state index contributed by atoms with van der Waals surface area (Å²) in [5.74, 6) is 3.81. The molecule has 0 aliphatic heterocycles. The Balaban J connectivity index is 1.85. The number of unbranched alkanes of at least 4 members (excludes halogenated alkanes) is 18. The summed E-state index contributed by atoms with van der Waals surface area (Å²) in [4.78, 5) is 0. The standard InChI is InChI=1S/C40H74O2/c1-5-7-27-37(3)29-23-19-15-11-9-13-17-21-25-35-41-39-31-33-40(34-32-39)42-36-26-22-18-14-10-12-16-20-24-30-38(4)28-8-6-2/h31-34,37-38H,5-30,35-36H2,1-4H3. The lowest BCUT2D eigenvalue weighted by Crippen LogP contribution is -1.99. The van der Waals surface area contributed by atoms with Crippen molar-refractivity contribution in [1.82, 2.24) is 0 Å². The molecule has 0 aromatic heterocycles. The van der Waals surface area contributed by atoms with Crippen LogP contribution in [0.15, 0.2) is 24.3 Å². The van der Waals surface area contributed by atoms with Crippen LogP contribution >= 0.6 is 0 Å². The van der Waals surface area contributed by atoms with Crippen molar-refractivity contribution in [2.45, 2.75) is 195 Å². The fraction of sp³-hybridized carbons (Fsp3) is 0.850. The van der Waals surface area contributed by atoms with E-state index in [2.05, 4.69) is 52.0 Å². The first kappa shape index (κ1) is 38.8. The minimum absolute atomic E-state index is 0.828. The minimum atomic E-state index is 0.828. The van der Waals surface area contributed by atoms with Gasteiger partial charge in [-0.25, -0.2) is 0 Å². The number of ether oxygens (including phenoxy) is 2. The Hall–Kier alpha value is -1.18. The van der Waals surface area contributed by atoms with E-state index in [1.54, 1.807) is 0 Å². The molecule has 1 aromatic carbocycles. The van der Waals surface area contributed by atoms with Crippen LogP contribution in [0.4, 0.5) is 0 Å². The third-order valence-electron chi connectivity index (χ3n) is 9.14. The molecule has 2 heteroatoms. The smallest absolute Gasteiger partial charge is 0.119 e. The summed E-state index contributed by atoms with van der Waals surface area (Å²) < 4.78 is 11.9. The molecule has 0 heterocycles. The molecule has 0 fully saturated rings. The van der Waals surface area contributed by atoms with Crippen molar-refractivity contribution in [2.75, 3.05) is 13.2 Å². The molecule has 1 aromatic rings. The van der Waals surface area contributed by atoms with Gasteiger partial charge in [0, 0.05) is 0 Å². The van der Waals surface area contributed by atoms with E-state index in [9.17, 15) is 0 Å². The van der Waals surface area contributed by atoms with Crippen LogP contribution in [0, 0.1) is 11.8 Å². The van der Waals surface area contributed by atoms with Crippen molar-refractivity contribution < 1.29 is 9.47 Å². The highest BCUT2D eigenvalue weighted by Gasteiger charge is 2.03. The molecule has 0 saturated carbocycles. The Morgan fingerprint density at radius 2 is 0.643 bits per heavy atom. The Morgan fingerprint density at radius 3 is 0.952 bits per heavy atom. The number of hydrogen-bond donors (Lipinski definition) is 0. The highest BCUT2D eigenvalue weighted by atomic mass is 16.5. The van der Waals surface area contributed by atoms with Crippen molar-refractivity contribution in [3.63, 3.8) is 0 Å². The van der Waals surface area contributed by atoms with Crippen molar-refractivity contribution >= 4 is 0 Å². The van der Waals surface area contributed by atoms with Crippen LogP contribution in [0.3, 0.4) is 0 Å². The van der Waals surface area contributed by atoms with Crippen LogP contribution in [0.1, 0.15) is 195 Å². The van der Waals surface area contributed by atoms with Gasteiger partial charge in [-0.2, -0.15) is 0 Å². The maximum Gasteiger partial charge on any atom is 0.119 e. The molecular weight excluding hydrogens is 512 g/mol. The normalized spacial score (nSPS) is 12.9. The molecule has 0 spiro atoms. The van der Waals surface area contributed by atoms with Crippen molar-refractivity contribution in [2.24, 2.45) is 11.8 Å². The van der Waals surface area contributed by atoms with Gasteiger partial charge in [0.1, 0.15) is 11.5 Å². The van der Waals surface area contributed by atoms with Gasteiger partial charge < -0.3 is 9.47 Å². The zero-order valence-electron chi connectivity index (χ0n) is 29.1. The van der Waals surface area contributed by atoms with Gasteiger partial charge in [0.2, 0.25) is 0 Å². The van der Waals surface area contributed by atoms with Gasteiger partial charge in [-0.3, -0.25) is 0 Å². The van der Waals surface area contributed by atoms with Crippen LogP contribution < -0.4 is 9.47 Å². The summed E-state index contributed by atoms with van der Waals surface area (Å²) in [5, 5.41) is 0. The van der Waals surface area contributed by atoms with Crippen molar-refractivity contribution in [3.05, 3.63) is 24.3 Å². The molecule has 0 bridgehead atoms. The van der Waals surface area contributed by atoms with E-state index in [4.69, 9.17) is 9.47 Å². The molecule has 246 valence electrons. The molecule has 0 amide bonds. The zero-order valence-corrected chi connectivity index (χ0v) is 29.1. The first-order valence-corrected chi connectivity index (χ1v) is 19.0. The van der Waals surface area contributed by atoms with E-state index in [1.165, 1.54) is 154 Å². The van der Waals surface area contributed by atoms with Crippen LogP contribution in [0.2, 0.25) is 0 Å². The first-order valence-electron chi connectivity index (χ1n) is 19.0. The van der Waals surface area contributed by atoms with Gasteiger partial charge >= 0.3 is 0 Å². The number of hydrogen-bond acceptors (Lipinski definition) is 2. The van der Waals surface area contributed by atoms with Gasteiger partial charge in [0.05, 0.1) is 13.2 Å². The Morgan fingerprint density at radius 1 is 0.381 bits per heavy atom. The summed E-state index contributed by atoms with van der Waals surface area (Å²) in [6.07, 6.45) is 35.9. The predicted molar refractivity (Wildman–Crippen MR) is 187 cm³/mol. The Bertz CT molecular complexity index is 597. The average Bonchev–Trinajstić information content (AvgIpc) is 3.00. The summed E-state index contributed by atoms with van der Waals surface area (Å²) >= 11 is 0. The van der Waals surface area contributed by atoms with E-state index >= 15 is 0 Å². The zero-order chi connectivity index (χ0) is 30.4. The average molecular weight is 587 g/mol. The molecule has 2 nitrogen and oxygen atoms in total. The van der Waals surface area contributed by atoms with E-state index in [1.807, 2.05) is 0 Å². The predicted octanol–water partition coefficient (Wildman–Crippen LogP) is 13.9. The van der Waals surface area contributed by atoms with Crippen LogP contribution in [-0.4, -0.2) is 13.2 Å². The third-order valence-corrected chi connectivity index (χ3v) is 9.14. The molecule has 0 aliphatic rings. The molecule has 0 aliphatic carbocycles. The molecular formula is C40H74O2. The third kappa shape index (κ3) is 25.3. The van der Waals surface area contributed by atoms with Gasteiger partial charge in [0.15, 0.2) is 0 Å².